The molecular weight excluding hydrogens is 257 g/mol. The largest absolute Gasteiger partial charge is 0.378 e. The molecule has 0 spiro atoms. The van der Waals surface area contributed by atoms with Crippen molar-refractivity contribution in [2.45, 2.75) is 5.88 Å². The molecule has 1 aromatic heterocycles. The Labute approximate surface area is 109 Å². The summed E-state index contributed by atoms with van der Waals surface area (Å²) in [5.74, 6) is 0.752. The van der Waals surface area contributed by atoms with E-state index >= 15 is 0 Å². The standard InChI is InChI=1S/C12H13ClFN3O/c13-8-12-15-10-7-9(14)1-2-11(10)17(12)16-3-5-18-6-4-16/h1-2,7H,3-6,8H2. The summed E-state index contributed by atoms with van der Waals surface area (Å²) in [7, 11) is 0. The first-order valence-corrected chi connectivity index (χ1v) is 6.39. The first kappa shape index (κ1) is 11.7. The van der Waals surface area contributed by atoms with Gasteiger partial charge in [0.2, 0.25) is 0 Å². The molecule has 96 valence electrons. The zero-order chi connectivity index (χ0) is 12.5. The lowest BCUT2D eigenvalue weighted by atomic mass is 10.3. The second kappa shape index (κ2) is 4.74. The van der Waals surface area contributed by atoms with Crippen LogP contribution < -0.4 is 5.01 Å². The Morgan fingerprint density at radius 1 is 1.33 bits per heavy atom. The second-order valence-corrected chi connectivity index (χ2v) is 4.44. The van der Waals surface area contributed by atoms with Crippen molar-refractivity contribution in [2.75, 3.05) is 31.3 Å². The van der Waals surface area contributed by atoms with E-state index in [0.717, 1.165) is 24.4 Å². The normalized spacial score (nSPS) is 16.4. The van der Waals surface area contributed by atoms with Crippen molar-refractivity contribution in [1.82, 2.24) is 9.66 Å². The Kier molecular flexibility index (Phi) is 3.09. The Balaban J connectivity index is 2.12. The number of rotatable bonds is 2. The van der Waals surface area contributed by atoms with E-state index in [0.29, 0.717) is 24.6 Å². The van der Waals surface area contributed by atoms with E-state index in [2.05, 4.69) is 9.99 Å². The van der Waals surface area contributed by atoms with Gasteiger partial charge in [-0.15, -0.1) is 11.6 Å². The highest BCUT2D eigenvalue weighted by atomic mass is 35.5. The average molecular weight is 270 g/mol. The van der Waals surface area contributed by atoms with E-state index in [1.165, 1.54) is 12.1 Å². The molecule has 1 fully saturated rings. The third-order valence-electron chi connectivity index (χ3n) is 3.05. The number of morpholine rings is 1. The molecule has 1 aliphatic heterocycles. The van der Waals surface area contributed by atoms with Crippen molar-refractivity contribution < 1.29 is 9.13 Å². The lowest BCUT2D eigenvalue weighted by Gasteiger charge is -2.31. The van der Waals surface area contributed by atoms with Gasteiger partial charge in [0.05, 0.1) is 43.2 Å². The molecule has 0 unspecified atom stereocenters. The van der Waals surface area contributed by atoms with Gasteiger partial charge in [0.15, 0.2) is 0 Å². The number of aromatic nitrogens is 2. The molecule has 2 aromatic rings. The number of hydrogen-bond acceptors (Lipinski definition) is 3. The molecular formula is C12H13ClFN3O. The quantitative estimate of drug-likeness (QED) is 0.780. The third kappa shape index (κ3) is 1.93. The van der Waals surface area contributed by atoms with Gasteiger partial charge in [-0.25, -0.2) is 14.1 Å². The maximum absolute atomic E-state index is 13.2. The number of alkyl halides is 1. The molecule has 0 N–H and O–H groups in total. The lowest BCUT2D eigenvalue weighted by Crippen LogP contribution is -2.44. The van der Waals surface area contributed by atoms with Crippen molar-refractivity contribution in [2.24, 2.45) is 0 Å². The molecule has 2 heterocycles. The summed E-state index contributed by atoms with van der Waals surface area (Å²) in [6, 6.07) is 4.62. The average Bonchev–Trinajstić information content (AvgIpc) is 2.77. The van der Waals surface area contributed by atoms with Crippen molar-refractivity contribution >= 4 is 22.6 Å². The van der Waals surface area contributed by atoms with E-state index < -0.39 is 0 Å². The van der Waals surface area contributed by atoms with Crippen LogP contribution in [0.4, 0.5) is 4.39 Å². The van der Waals surface area contributed by atoms with E-state index in [-0.39, 0.29) is 5.82 Å². The zero-order valence-electron chi connectivity index (χ0n) is 9.77. The number of halogens is 2. The summed E-state index contributed by atoms with van der Waals surface area (Å²) in [6.07, 6.45) is 0. The minimum absolute atomic E-state index is 0.282. The van der Waals surface area contributed by atoms with Crippen LogP contribution in [-0.4, -0.2) is 36.0 Å². The highest BCUT2D eigenvalue weighted by Gasteiger charge is 2.18. The SMILES string of the molecule is Fc1ccc2c(c1)nc(CCl)n2N1CCOCC1. The molecule has 18 heavy (non-hydrogen) atoms. The minimum Gasteiger partial charge on any atom is -0.378 e. The van der Waals surface area contributed by atoms with Crippen LogP contribution in [0.3, 0.4) is 0 Å². The molecule has 0 radical (unpaired) electrons. The number of imidazole rings is 1. The Bertz CT molecular complexity index is 566. The summed E-state index contributed by atoms with van der Waals surface area (Å²) in [4.78, 5) is 4.38. The maximum Gasteiger partial charge on any atom is 0.143 e. The predicted octanol–water partition coefficient (Wildman–Crippen LogP) is 1.88. The molecule has 0 bridgehead atoms. The second-order valence-electron chi connectivity index (χ2n) is 4.17. The third-order valence-corrected chi connectivity index (χ3v) is 3.29. The molecule has 0 atom stereocenters. The Morgan fingerprint density at radius 3 is 2.83 bits per heavy atom. The van der Waals surface area contributed by atoms with Crippen molar-refractivity contribution in [3.8, 4) is 0 Å². The van der Waals surface area contributed by atoms with Gasteiger partial charge in [-0.1, -0.05) is 0 Å². The first-order valence-electron chi connectivity index (χ1n) is 5.85. The lowest BCUT2D eigenvalue weighted by molar-refractivity contribution is 0.111. The number of fused-ring (bicyclic) bond motifs is 1. The summed E-state index contributed by atoms with van der Waals surface area (Å²) in [5.41, 5.74) is 1.52. The highest BCUT2D eigenvalue weighted by molar-refractivity contribution is 6.16. The molecule has 0 aliphatic carbocycles. The highest BCUT2D eigenvalue weighted by Crippen LogP contribution is 2.19. The number of hydrogen-bond donors (Lipinski definition) is 0. The fourth-order valence-corrected chi connectivity index (χ4v) is 2.42. The van der Waals surface area contributed by atoms with Crippen molar-refractivity contribution in [3.05, 3.63) is 29.8 Å². The van der Waals surface area contributed by atoms with Crippen molar-refractivity contribution in [1.29, 1.82) is 0 Å². The van der Waals surface area contributed by atoms with Crippen LogP contribution in [0.25, 0.3) is 11.0 Å². The van der Waals surface area contributed by atoms with Crippen LogP contribution in [0, 0.1) is 5.82 Å². The van der Waals surface area contributed by atoms with Crippen LogP contribution in [-0.2, 0) is 10.6 Å². The Hall–Kier alpha value is -1.33. The summed E-state index contributed by atoms with van der Waals surface area (Å²) in [6.45, 7) is 2.94. The van der Waals surface area contributed by atoms with Crippen molar-refractivity contribution in [3.63, 3.8) is 0 Å². The van der Waals surface area contributed by atoms with Gasteiger partial charge in [0.1, 0.15) is 11.6 Å². The van der Waals surface area contributed by atoms with Gasteiger partial charge in [-0.3, -0.25) is 0 Å². The predicted molar refractivity (Wildman–Crippen MR) is 68.0 cm³/mol. The van der Waals surface area contributed by atoms with Crippen LogP contribution >= 0.6 is 11.6 Å². The monoisotopic (exact) mass is 269 g/mol. The summed E-state index contributed by atoms with van der Waals surface area (Å²) in [5, 5.41) is 2.13. The first-order chi connectivity index (χ1) is 8.79. The summed E-state index contributed by atoms with van der Waals surface area (Å²) >= 11 is 5.93. The molecule has 3 rings (SSSR count). The van der Waals surface area contributed by atoms with E-state index in [4.69, 9.17) is 16.3 Å². The maximum atomic E-state index is 13.2. The van der Waals surface area contributed by atoms with Gasteiger partial charge in [0.25, 0.3) is 0 Å². The number of nitrogens with zero attached hydrogens (tertiary/aromatic N) is 3. The molecule has 1 saturated heterocycles. The van der Waals surface area contributed by atoms with Crippen LogP contribution in [0.5, 0.6) is 0 Å². The number of benzene rings is 1. The van der Waals surface area contributed by atoms with E-state index in [1.807, 2.05) is 4.68 Å². The molecule has 0 amide bonds. The van der Waals surface area contributed by atoms with E-state index in [1.54, 1.807) is 6.07 Å². The van der Waals surface area contributed by atoms with Crippen LogP contribution in [0.15, 0.2) is 18.2 Å². The van der Waals surface area contributed by atoms with Crippen LogP contribution in [0.2, 0.25) is 0 Å². The fourth-order valence-electron chi connectivity index (χ4n) is 2.25. The molecule has 0 saturated carbocycles. The number of ether oxygens (including phenoxy) is 1. The van der Waals surface area contributed by atoms with E-state index in [9.17, 15) is 4.39 Å². The van der Waals surface area contributed by atoms with Gasteiger partial charge in [-0.2, -0.15) is 0 Å². The molecule has 1 aromatic carbocycles. The van der Waals surface area contributed by atoms with Gasteiger partial charge in [0, 0.05) is 6.07 Å². The molecule has 1 aliphatic rings. The summed E-state index contributed by atoms with van der Waals surface area (Å²) < 4.78 is 20.5. The van der Waals surface area contributed by atoms with Gasteiger partial charge >= 0.3 is 0 Å². The minimum atomic E-state index is -0.282. The fraction of sp³-hybridized carbons (Fsp3) is 0.417. The molecule has 6 heteroatoms. The molecule has 4 nitrogen and oxygen atoms in total. The smallest absolute Gasteiger partial charge is 0.143 e. The topological polar surface area (TPSA) is 30.3 Å². The Morgan fingerprint density at radius 2 is 2.11 bits per heavy atom. The van der Waals surface area contributed by atoms with Crippen LogP contribution in [0.1, 0.15) is 5.82 Å². The van der Waals surface area contributed by atoms with Gasteiger partial charge in [-0.05, 0) is 12.1 Å². The zero-order valence-corrected chi connectivity index (χ0v) is 10.5. The van der Waals surface area contributed by atoms with Gasteiger partial charge < -0.3 is 9.75 Å².